The molecule has 0 aliphatic heterocycles. The van der Waals surface area contributed by atoms with Crippen LogP contribution in [0.3, 0.4) is 0 Å². The Hall–Kier alpha value is -3.82. The zero-order chi connectivity index (χ0) is 31.4. The van der Waals surface area contributed by atoms with E-state index in [9.17, 15) is 0 Å². The van der Waals surface area contributed by atoms with Crippen LogP contribution < -0.4 is 9.47 Å². The van der Waals surface area contributed by atoms with E-state index in [-0.39, 0.29) is 0 Å². The Bertz CT molecular complexity index is 2240. The predicted octanol–water partition coefficient (Wildman–Crippen LogP) is 12.2. The summed E-state index contributed by atoms with van der Waals surface area (Å²) in [5, 5.41) is 4.87. The molecule has 0 aliphatic rings. The van der Waals surface area contributed by atoms with Crippen molar-refractivity contribution in [3.8, 4) is 22.9 Å². The summed E-state index contributed by atoms with van der Waals surface area (Å²) in [6.07, 6.45) is 0. The minimum absolute atomic E-state index is 0.846. The summed E-state index contributed by atoms with van der Waals surface area (Å²) in [5.41, 5.74) is 6.89. The topological polar surface area (TPSA) is 28.3 Å². The monoisotopic (exact) mass is 764 g/mol. The lowest BCUT2D eigenvalue weighted by Gasteiger charge is -2.09. The van der Waals surface area contributed by atoms with Crippen LogP contribution >= 0.6 is 53.4 Å². The summed E-state index contributed by atoms with van der Waals surface area (Å²) >= 11 is 7.40. The maximum Gasteiger partial charge on any atom is 0.119 e. The highest BCUT2D eigenvalue weighted by Crippen LogP contribution is 2.43. The van der Waals surface area contributed by atoms with Crippen LogP contribution in [0.1, 0.15) is 0 Å². The van der Waals surface area contributed by atoms with Crippen molar-refractivity contribution in [2.75, 3.05) is 14.2 Å². The Morgan fingerprint density at radius 1 is 0.435 bits per heavy atom. The van der Waals surface area contributed by atoms with Crippen molar-refractivity contribution in [2.24, 2.45) is 0 Å². The van der Waals surface area contributed by atoms with Gasteiger partial charge in [-0.25, -0.2) is 0 Å². The van der Waals surface area contributed by atoms with E-state index in [1.807, 2.05) is 24.3 Å². The first-order chi connectivity index (χ1) is 22.5. The highest BCUT2D eigenvalue weighted by atomic mass is 79.9. The van der Waals surface area contributed by atoms with Crippen molar-refractivity contribution in [2.45, 2.75) is 9.79 Å². The molecule has 2 heterocycles. The summed E-state index contributed by atoms with van der Waals surface area (Å²) in [6.45, 7) is 0. The van der Waals surface area contributed by atoms with E-state index >= 15 is 0 Å². The molecule has 46 heavy (non-hydrogen) atoms. The van der Waals surface area contributed by atoms with Gasteiger partial charge < -0.3 is 18.6 Å². The van der Waals surface area contributed by atoms with Crippen molar-refractivity contribution in [3.05, 3.63) is 130 Å². The number of hydrogen-bond acceptors (Lipinski definition) is 4. The number of benzene rings is 6. The summed E-state index contributed by atoms with van der Waals surface area (Å²) in [7, 11) is 6.96. The Morgan fingerprint density at radius 2 is 0.783 bits per heavy atom. The van der Waals surface area contributed by atoms with Crippen molar-refractivity contribution in [3.63, 3.8) is 0 Å². The van der Waals surface area contributed by atoms with Crippen LogP contribution in [0, 0.1) is 0 Å². The molecule has 0 spiro atoms. The van der Waals surface area contributed by atoms with Crippen LogP contribution in [0.15, 0.2) is 140 Å². The molecular formula is C38H26Br2N2O2S2. The van der Waals surface area contributed by atoms with Crippen LogP contribution in [0.25, 0.3) is 55.0 Å². The lowest BCUT2D eigenvalue weighted by molar-refractivity contribution is 0.414. The third-order valence-electron chi connectivity index (χ3n) is 8.29. The highest BCUT2D eigenvalue weighted by Gasteiger charge is 2.16. The predicted molar refractivity (Wildman–Crippen MR) is 202 cm³/mol. The molecule has 0 fully saturated rings. The lowest BCUT2D eigenvalue weighted by Crippen LogP contribution is -1.94. The molecular weight excluding hydrogens is 740 g/mol. The van der Waals surface area contributed by atoms with E-state index in [1.54, 1.807) is 35.8 Å². The maximum absolute atomic E-state index is 5.41. The van der Waals surface area contributed by atoms with Gasteiger partial charge in [0.05, 0.1) is 36.3 Å². The number of methoxy groups -OCH3 is 2. The molecule has 2 aromatic heterocycles. The molecule has 8 rings (SSSR count). The number of fused-ring (bicyclic) bond motifs is 6. The summed E-state index contributed by atoms with van der Waals surface area (Å²) in [5.74, 6) is 1.69. The second-order valence-electron chi connectivity index (χ2n) is 10.9. The number of hydrogen-bond donors (Lipinski definition) is 0. The largest absolute Gasteiger partial charge is 0.497 e. The second kappa shape index (κ2) is 12.1. The molecule has 8 heteroatoms. The molecule has 0 amide bonds. The first kappa shape index (κ1) is 29.6. The molecule has 4 nitrogen and oxygen atoms in total. The van der Waals surface area contributed by atoms with Crippen molar-refractivity contribution >= 4 is 97.1 Å². The van der Waals surface area contributed by atoms with Gasteiger partial charge in [0.1, 0.15) is 11.5 Å². The fourth-order valence-corrected chi connectivity index (χ4v) is 8.86. The third kappa shape index (κ3) is 5.17. The van der Waals surface area contributed by atoms with Gasteiger partial charge >= 0.3 is 0 Å². The Balaban J connectivity index is 1.16. The zero-order valence-electron chi connectivity index (χ0n) is 24.8. The van der Waals surface area contributed by atoms with Crippen LogP contribution in [0.5, 0.6) is 11.5 Å². The summed E-state index contributed by atoms with van der Waals surface area (Å²) in [4.78, 5) is 2.41. The van der Waals surface area contributed by atoms with Gasteiger partial charge in [0.15, 0.2) is 0 Å². The number of rotatable bonds is 7. The summed E-state index contributed by atoms with van der Waals surface area (Å²) in [6, 6.07) is 43.0. The van der Waals surface area contributed by atoms with E-state index < -0.39 is 0 Å². The van der Waals surface area contributed by atoms with Gasteiger partial charge in [0.25, 0.3) is 0 Å². The van der Waals surface area contributed by atoms with Gasteiger partial charge in [-0.2, -0.15) is 0 Å². The molecule has 6 aromatic carbocycles. The smallest absolute Gasteiger partial charge is 0.119 e. The average molecular weight is 767 g/mol. The number of nitrogens with zero attached hydrogens (tertiary/aromatic N) is 2. The van der Waals surface area contributed by atoms with E-state index in [0.717, 1.165) is 31.8 Å². The molecule has 0 unspecified atom stereocenters. The van der Waals surface area contributed by atoms with Crippen molar-refractivity contribution in [1.82, 2.24) is 9.13 Å². The van der Waals surface area contributed by atoms with Crippen LogP contribution in [-0.2, 0) is 0 Å². The molecule has 0 saturated heterocycles. The lowest BCUT2D eigenvalue weighted by atomic mass is 10.1. The van der Waals surface area contributed by atoms with Gasteiger partial charge in [-0.15, -0.1) is 0 Å². The molecule has 0 saturated carbocycles. The molecule has 0 aliphatic carbocycles. The highest BCUT2D eigenvalue weighted by molar-refractivity contribution is 9.10. The first-order valence-corrected chi connectivity index (χ1v) is 18.3. The average Bonchev–Trinajstić information content (AvgIpc) is 3.58. The summed E-state index contributed by atoms with van der Waals surface area (Å²) < 4.78 is 17.6. The van der Waals surface area contributed by atoms with Crippen LogP contribution in [-0.4, -0.2) is 23.4 Å². The zero-order valence-corrected chi connectivity index (χ0v) is 29.6. The minimum Gasteiger partial charge on any atom is -0.497 e. The minimum atomic E-state index is 0.846. The first-order valence-electron chi connectivity index (χ1n) is 14.6. The van der Waals surface area contributed by atoms with E-state index in [4.69, 9.17) is 9.47 Å². The van der Waals surface area contributed by atoms with Gasteiger partial charge in [0.2, 0.25) is 0 Å². The van der Waals surface area contributed by atoms with Crippen molar-refractivity contribution < 1.29 is 9.47 Å². The number of aromatic nitrogens is 2. The van der Waals surface area contributed by atoms with E-state index in [1.165, 1.54) is 53.4 Å². The van der Waals surface area contributed by atoms with Crippen molar-refractivity contribution in [1.29, 1.82) is 0 Å². The fraction of sp³-hybridized carbons (Fsp3) is 0.0526. The Morgan fingerprint density at radius 3 is 1.15 bits per heavy atom. The van der Waals surface area contributed by atoms with E-state index in [2.05, 4.69) is 138 Å². The number of halogens is 2. The van der Waals surface area contributed by atoms with Crippen LogP contribution in [0.2, 0.25) is 0 Å². The molecule has 0 N–H and O–H groups in total. The Kier molecular flexibility index (Phi) is 7.77. The molecule has 8 aromatic rings. The molecule has 226 valence electrons. The molecule has 0 bridgehead atoms. The fourth-order valence-electron chi connectivity index (χ4n) is 6.17. The molecule has 0 radical (unpaired) electrons. The third-order valence-corrected chi connectivity index (χ3v) is 11.7. The maximum atomic E-state index is 5.41. The van der Waals surface area contributed by atoms with Gasteiger partial charge in [-0.3, -0.25) is 0 Å². The van der Waals surface area contributed by atoms with Gasteiger partial charge in [-0.1, -0.05) is 53.4 Å². The van der Waals surface area contributed by atoms with Gasteiger partial charge in [0, 0.05) is 51.7 Å². The Labute approximate surface area is 291 Å². The normalized spacial score (nSPS) is 11.7. The second-order valence-corrected chi connectivity index (χ2v) is 15.0. The SMILES string of the molecule is COc1ccc(-n2c3ccc(Br)cc3c3cc(SSc4ccc5c(c4)c4cc(Br)ccc4n5-c4ccc(OC)cc4)ccc32)cc1. The van der Waals surface area contributed by atoms with E-state index in [0.29, 0.717) is 0 Å². The molecule has 0 atom stereocenters. The standard InChI is InChI=1S/C38H26Br2N2O2S2/c1-43-27-9-5-25(6-10-27)41-35-15-3-23(39)19-31(35)33-21-29(13-17-37(33)41)45-46-30-14-18-38-34(22-30)32-20-24(40)4-16-36(32)42(38)26-7-11-28(44-2)12-8-26/h3-22H,1-2H3. The van der Waals surface area contributed by atoms with Gasteiger partial charge in [-0.05, 0) is 121 Å². The number of ether oxygens (including phenoxy) is 2. The van der Waals surface area contributed by atoms with Crippen LogP contribution in [0.4, 0.5) is 0 Å². The quantitative estimate of drug-likeness (QED) is 0.151.